The number of aryl methyl sites for hydroxylation is 1. The van der Waals surface area contributed by atoms with Gasteiger partial charge in [0, 0.05) is 6.04 Å². The second-order valence-electron chi connectivity index (χ2n) is 4.66. The van der Waals surface area contributed by atoms with E-state index in [1.54, 1.807) is 11.3 Å². The molecule has 90 valence electrons. The predicted molar refractivity (Wildman–Crippen MR) is 70.0 cm³/mol. The lowest BCUT2D eigenvalue weighted by Crippen LogP contribution is -2.05. The van der Waals surface area contributed by atoms with E-state index in [0.717, 1.165) is 15.7 Å². The molecular weight excluding hydrogens is 232 g/mol. The summed E-state index contributed by atoms with van der Waals surface area (Å²) >= 11 is 1.60. The van der Waals surface area contributed by atoms with Crippen LogP contribution in [0.3, 0.4) is 0 Å². The Morgan fingerprint density at radius 3 is 2.82 bits per heavy atom. The summed E-state index contributed by atoms with van der Waals surface area (Å²) in [6.07, 6.45) is 6.97. The largest absolute Gasteiger partial charge is 0.391 e. The molecule has 0 unspecified atom stereocenters. The molecule has 3 rings (SSSR count). The van der Waals surface area contributed by atoms with Crippen molar-refractivity contribution in [3.63, 3.8) is 0 Å². The molecule has 1 aliphatic rings. The van der Waals surface area contributed by atoms with Gasteiger partial charge in [-0.05, 0) is 31.4 Å². The van der Waals surface area contributed by atoms with E-state index >= 15 is 0 Å². The summed E-state index contributed by atoms with van der Waals surface area (Å²) in [6.45, 7) is 2.08. The SMILES string of the molecule is Cc1cc(N)sc1-c1nncn1C1CCCC1. The third-order valence-electron chi connectivity index (χ3n) is 3.43. The zero-order valence-corrected chi connectivity index (χ0v) is 10.7. The lowest BCUT2D eigenvalue weighted by atomic mass is 10.2. The highest BCUT2D eigenvalue weighted by atomic mass is 32.1. The van der Waals surface area contributed by atoms with Gasteiger partial charge in [-0.2, -0.15) is 0 Å². The highest BCUT2D eigenvalue weighted by Crippen LogP contribution is 2.37. The van der Waals surface area contributed by atoms with Gasteiger partial charge in [0.05, 0.1) is 9.88 Å². The molecule has 1 saturated carbocycles. The maximum Gasteiger partial charge on any atom is 0.174 e. The Balaban J connectivity index is 2.03. The summed E-state index contributed by atoms with van der Waals surface area (Å²) in [7, 11) is 0. The molecule has 1 aliphatic carbocycles. The van der Waals surface area contributed by atoms with Crippen LogP contribution in [-0.4, -0.2) is 14.8 Å². The van der Waals surface area contributed by atoms with Crippen LogP contribution in [0.1, 0.15) is 37.3 Å². The summed E-state index contributed by atoms with van der Waals surface area (Å²) in [6, 6.07) is 2.58. The number of nitrogens with zero attached hydrogens (tertiary/aromatic N) is 3. The van der Waals surface area contributed by atoms with E-state index < -0.39 is 0 Å². The Bertz CT molecular complexity index is 522. The second kappa shape index (κ2) is 4.14. The highest BCUT2D eigenvalue weighted by molar-refractivity contribution is 7.19. The van der Waals surface area contributed by atoms with Crippen molar-refractivity contribution in [1.29, 1.82) is 0 Å². The molecule has 4 nitrogen and oxygen atoms in total. The number of anilines is 1. The van der Waals surface area contributed by atoms with E-state index in [2.05, 4.69) is 21.7 Å². The van der Waals surface area contributed by atoms with Crippen LogP contribution in [0.5, 0.6) is 0 Å². The Labute approximate surface area is 104 Å². The van der Waals surface area contributed by atoms with Gasteiger partial charge in [-0.15, -0.1) is 21.5 Å². The molecule has 0 bridgehead atoms. The fourth-order valence-electron chi connectivity index (χ4n) is 2.58. The summed E-state index contributed by atoms with van der Waals surface area (Å²) in [5.74, 6) is 0.983. The molecule has 0 spiro atoms. The van der Waals surface area contributed by atoms with Crippen molar-refractivity contribution in [3.05, 3.63) is 18.0 Å². The molecule has 5 heteroatoms. The van der Waals surface area contributed by atoms with E-state index in [0.29, 0.717) is 6.04 Å². The number of hydrogen-bond acceptors (Lipinski definition) is 4. The zero-order valence-electron chi connectivity index (χ0n) is 9.89. The van der Waals surface area contributed by atoms with Crippen molar-refractivity contribution in [3.8, 4) is 10.7 Å². The van der Waals surface area contributed by atoms with Gasteiger partial charge in [0.2, 0.25) is 0 Å². The van der Waals surface area contributed by atoms with Crippen molar-refractivity contribution in [1.82, 2.24) is 14.8 Å². The molecule has 0 atom stereocenters. The number of hydrogen-bond donors (Lipinski definition) is 1. The third kappa shape index (κ3) is 1.84. The molecule has 0 saturated heterocycles. The van der Waals surface area contributed by atoms with Crippen molar-refractivity contribution >= 4 is 16.3 Å². The Morgan fingerprint density at radius 1 is 1.41 bits per heavy atom. The monoisotopic (exact) mass is 248 g/mol. The van der Waals surface area contributed by atoms with Gasteiger partial charge in [-0.1, -0.05) is 12.8 Å². The van der Waals surface area contributed by atoms with Gasteiger partial charge in [-0.3, -0.25) is 0 Å². The van der Waals surface area contributed by atoms with Crippen molar-refractivity contribution in [2.45, 2.75) is 38.6 Å². The number of nitrogen functional groups attached to an aromatic ring is 1. The summed E-state index contributed by atoms with van der Waals surface area (Å²) in [4.78, 5) is 1.16. The van der Waals surface area contributed by atoms with Crippen LogP contribution in [0, 0.1) is 6.92 Å². The maximum atomic E-state index is 5.85. The lowest BCUT2D eigenvalue weighted by molar-refractivity contribution is 0.522. The minimum Gasteiger partial charge on any atom is -0.391 e. The molecule has 1 fully saturated rings. The van der Waals surface area contributed by atoms with Gasteiger partial charge in [0.1, 0.15) is 6.33 Å². The van der Waals surface area contributed by atoms with Crippen LogP contribution < -0.4 is 5.73 Å². The fraction of sp³-hybridized carbons (Fsp3) is 0.500. The zero-order chi connectivity index (χ0) is 11.8. The Hall–Kier alpha value is -1.36. The quantitative estimate of drug-likeness (QED) is 0.888. The van der Waals surface area contributed by atoms with Gasteiger partial charge in [0.25, 0.3) is 0 Å². The van der Waals surface area contributed by atoms with Crippen LogP contribution in [0.25, 0.3) is 10.7 Å². The first-order chi connectivity index (χ1) is 8.25. The topological polar surface area (TPSA) is 56.7 Å². The molecule has 0 aliphatic heterocycles. The first-order valence-corrected chi connectivity index (χ1v) is 6.83. The standard InChI is InChI=1S/C12H16N4S/c1-8-6-10(13)17-11(8)12-15-14-7-16(12)9-4-2-3-5-9/h6-7,9H,2-5,13H2,1H3. The summed E-state index contributed by atoms with van der Waals surface area (Å²) in [5, 5.41) is 9.19. The van der Waals surface area contributed by atoms with Crippen LogP contribution >= 0.6 is 11.3 Å². The molecule has 17 heavy (non-hydrogen) atoms. The van der Waals surface area contributed by atoms with Gasteiger partial charge in [0.15, 0.2) is 5.82 Å². The van der Waals surface area contributed by atoms with Gasteiger partial charge < -0.3 is 10.3 Å². The first-order valence-electron chi connectivity index (χ1n) is 6.01. The molecule has 2 aromatic rings. The van der Waals surface area contributed by atoms with E-state index in [4.69, 9.17) is 5.73 Å². The predicted octanol–water partition coefficient (Wildman–Crippen LogP) is 3.01. The highest BCUT2D eigenvalue weighted by Gasteiger charge is 2.22. The third-order valence-corrected chi connectivity index (χ3v) is 4.49. The molecule has 2 aromatic heterocycles. The van der Waals surface area contributed by atoms with Crippen LogP contribution in [-0.2, 0) is 0 Å². The number of aromatic nitrogens is 3. The molecule has 2 N–H and O–H groups in total. The van der Waals surface area contributed by atoms with E-state index in [1.165, 1.54) is 31.2 Å². The normalized spacial score (nSPS) is 16.8. The average Bonchev–Trinajstić information content (AvgIpc) is 2.97. The average molecular weight is 248 g/mol. The number of rotatable bonds is 2. The van der Waals surface area contributed by atoms with E-state index in [1.807, 2.05) is 12.4 Å². The number of thiophene rings is 1. The lowest BCUT2D eigenvalue weighted by Gasteiger charge is -2.12. The van der Waals surface area contributed by atoms with Crippen molar-refractivity contribution in [2.75, 3.05) is 5.73 Å². The van der Waals surface area contributed by atoms with Crippen molar-refractivity contribution < 1.29 is 0 Å². The summed E-state index contributed by atoms with van der Waals surface area (Å²) < 4.78 is 2.23. The Morgan fingerprint density at radius 2 is 2.18 bits per heavy atom. The maximum absolute atomic E-state index is 5.85. The minimum atomic E-state index is 0.572. The van der Waals surface area contributed by atoms with Crippen LogP contribution in [0.4, 0.5) is 5.00 Å². The molecule has 0 radical (unpaired) electrons. The van der Waals surface area contributed by atoms with Gasteiger partial charge in [-0.25, -0.2) is 0 Å². The minimum absolute atomic E-state index is 0.572. The van der Waals surface area contributed by atoms with Gasteiger partial charge >= 0.3 is 0 Å². The van der Waals surface area contributed by atoms with Crippen molar-refractivity contribution in [2.24, 2.45) is 0 Å². The molecule has 2 heterocycles. The fourth-order valence-corrected chi connectivity index (χ4v) is 3.51. The molecular formula is C12H16N4S. The summed E-state index contributed by atoms with van der Waals surface area (Å²) in [5.41, 5.74) is 7.04. The van der Waals surface area contributed by atoms with Crippen LogP contribution in [0.2, 0.25) is 0 Å². The Kier molecular flexibility index (Phi) is 2.63. The number of nitrogens with two attached hydrogens (primary N) is 1. The van der Waals surface area contributed by atoms with E-state index in [-0.39, 0.29) is 0 Å². The van der Waals surface area contributed by atoms with Crippen LogP contribution in [0.15, 0.2) is 12.4 Å². The first kappa shape index (κ1) is 10.8. The molecule has 0 amide bonds. The van der Waals surface area contributed by atoms with E-state index in [9.17, 15) is 0 Å². The smallest absolute Gasteiger partial charge is 0.174 e. The second-order valence-corrected chi connectivity index (χ2v) is 5.74. The molecule has 0 aromatic carbocycles.